The smallest absolute Gasteiger partial charge is 0.303 e. The number of amides is 1. The lowest BCUT2D eigenvalue weighted by atomic mass is 10.0. The molecule has 1 heterocycles. The van der Waals surface area contributed by atoms with E-state index >= 15 is 0 Å². The Balaban J connectivity index is 2.23. The zero-order chi connectivity index (χ0) is 19.1. The van der Waals surface area contributed by atoms with Crippen LogP contribution in [0.2, 0.25) is 0 Å². The molecule has 0 spiro atoms. The number of carboxylic acids is 1. The zero-order valence-electron chi connectivity index (χ0n) is 15.5. The van der Waals surface area contributed by atoms with Gasteiger partial charge in [0.25, 0.3) is 5.91 Å². The number of hydrogen-bond donors (Lipinski definition) is 2. The van der Waals surface area contributed by atoms with Gasteiger partial charge in [-0.3, -0.25) is 9.59 Å². The summed E-state index contributed by atoms with van der Waals surface area (Å²) in [6.45, 7) is 6.59. The first-order valence-electron chi connectivity index (χ1n) is 8.99. The van der Waals surface area contributed by atoms with Gasteiger partial charge in [0.1, 0.15) is 0 Å². The summed E-state index contributed by atoms with van der Waals surface area (Å²) in [6.07, 6.45) is 1.94. The number of nitrogens with zero attached hydrogens (tertiary/aromatic N) is 3. The minimum atomic E-state index is -0.873. The lowest BCUT2D eigenvalue weighted by Gasteiger charge is -2.10. The highest BCUT2D eigenvalue weighted by Crippen LogP contribution is 2.20. The minimum Gasteiger partial charge on any atom is -0.481 e. The average Bonchev–Trinajstić information content (AvgIpc) is 3.02. The monoisotopic (exact) mass is 358 g/mol. The van der Waals surface area contributed by atoms with Crippen LogP contribution in [-0.2, 0) is 11.2 Å². The molecule has 0 unspecified atom stereocenters. The van der Waals surface area contributed by atoms with E-state index in [0.29, 0.717) is 31.0 Å². The molecule has 7 heteroatoms. The lowest BCUT2D eigenvalue weighted by Crippen LogP contribution is -2.26. The van der Waals surface area contributed by atoms with Crippen molar-refractivity contribution in [3.8, 4) is 5.69 Å². The summed E-state index contributed by atoms with van der Waals surface area (Å²) < 4.78 is 1.72. The highest BCUT2D eigenvalue weighted by atomic mass is 16.4. The maximum absolute atomic E-state index is 12.4. The van der Waals surface area contributed by atoms with Crippen LogP contribution < -0.4 is 5.32 Å². The number of carboxylic acid groups (broad SMARTS) is 1. The van der Waals surface area contributed by atoms with E-state index in [1.807, 2.05) is 19.1 Å². The molecule has 0 saturated heterocycles. The Kier molecular flexibility index (Phi) is 6.89. The predicted molar refractivity (Wildman–Crippen MR) is 98.6 cm³/mol. The quantitative estimate of drug-likeness (QED) is 0.672. The number of nitrogens with one attached hydrogen (secondary N) is 1. The van der Waals surface area contributed by atoms with Crippen LogP contribution in [0.15, 0.2) is 24.3 Å². The Bertz CT molecular complexity index is 768. The van der Waals surface area contributed by atoms with Crippen LogP contribution in [-0.4, -0.2) is 38.5 Å². The van der Waals surface area contributed by atoms with Gasteiger partial charge in [-0.25, -0.2) is 4.68 Å². The number of benzene rings is 1. The van der Waals surface area contributed by atoms with E-state index in [9.17, 15) is 9.59 Å². The van der Waals surface area contributed by atoms with Crippen LogP contribution in [0.25, 0.3) is 5.69 Å². The summed E-state index contributed by atoms with van der Waals surface area (Å²) >= 11 is 0. The number of rotatable bonds is 9. The summed E-state index contributed by atoms with van der Waals surface area (Å²) in [5, 5.41) is 19.7. The van der Waals surface area contributed by atoms with Crippen LogP contribution >= 0.6 is 0 Å². The van der Waals surface area contributed by atoms with Crippen molar-refractivity contribution in [3.05, 3.63) is 41.2 Å². The normalized spacial score (nSPS) is 10.9. The molecule has 1 aromatic heterocycles. The van der Waals surface area contributed by atoms with Gasteiger partial charge in [0.2, 0.25) is 0 Å². The van der Waals surface area contributed by atoms with Crippen molar-refractivity contribution in [3.63, 3.8) is 0 Å². The van der Waals surface area contributed by atoms with Gasteiger partial charge in [0.05, 0.1) is 11.4 Å². The molecule has 0 bridgehead atoms. The van der Waals surface area contributed by atoms with E-state index in [4.69, 9.17) is 5.11 Å². The molecular weight excluding hydrogens is 332 g/mol. The zero-order valence-corrected chi connectivity index (χ0v) is 15.5. The Morgan fingerprint density at radius 3 is 2.73 bits per heavy atom. The Hall–Kier alpha value is -2.70. The second-order valence-corrected chi connectivity index (χ2v) is 6.55. The molecular formula is C19H26N4O3. The molecule has 26 heavy (non-hydrogen) atoms. The Labute approximate surface area is 153 Å². The number of aliphatic carboxylic acids is 1. The number of aromatic nitrogens is 3. The van der Waals surface area contributed by atoms with Crippen molar-refractivity contribution in [2.24, 2.45) is 0 Å². The first-order valence-corrected chi connectivity index (χ1v) is 8.99. The largest absolute Gasteiger partial charge is 0.481 e. The number of carbonyl (C=O) groups excluding carboxylic acids is 1. The fourth-order valence-corrected chi connectivity index (χ4v) is 2.69. The number of carbonyl (C=O) groups is 2. The van der Waals surface area contributed by atoms with E-state index in [0.717, 1.165) is 17.8 Å². The maximum atomic E-state index is 12.4. The highest BCUT2D eigenvalue weighted by molar-refractivity contribution is 5.93. The standard InChI is InChI=1S/C19H26N4O3/c1-4-7-16-18(19(26)20-11-6-10-17(24)25)21-22-23(16)15-9-5-8-14(12-15)13(2)3/h5,8-9,12-13H,4,6-7,10-11H2,1-3H3,(H,20,26)(H,24,25). The predicted octanol–water partition coefficient (Wildman–Crippen LogP) is 2.94. The van der Waals surface area contributed by atoms with Crippen LogP contribution in [0, 0.1) is 0 Å². The Morgan fingerprint density at radius 2 is 2.08 bits per heavy atom. The third-order valence-corrected chi connectivity index (χ3v) is 4.10. The molecule has 0 aliphatic carbocycles. The average molecular weight is 358 g/mol. The van der Waals surface area contributed by atoms with Crippen molar-refractivity contribution >= 4 is 11.9 Å². The van der Waals surface area contributed by atoms with Crippen molar-refractivity contribution in [1.29, 1.82) is 0 Å². The van der Waals surface area contributed by atoms with Crippen LogP contribution in [0.1, 0.15) is 67.7 Å². The molecule has 2 rings (SSSR count). The van der Waals surface area contributed by atoms with E-state index in [1.165, 1.54) is 5.56 Å². The van der Waals surface area contributed by atoms with E-state index in [-0.39, 0.29) is 12.3 Å². The summed E-state index contributed by atoms with van der Waals surface area (Å²) in [5.41, 5.74) is 3.15. The lowest BCUT2D eigenvalue weighted by molar-refractivity contribution is -0.137. The molecule has 7 nitrogen and oxygen atoms in total. The molecule has 140 valence electrons. The van der Waals surface area contributed by atoms with Gasteiger partial charge in [0.15, 0.2) is 5.69 Å². The molecule has 0 aliphatic rings. The summed E-state index contributed by atoms with van der Waals surface area (Å²) in [7, 11) is 0. The molecule has 0 atom stereocenters. The molecule has 0 aliphatic heterocycles. The molecule has 1 amide bonds. The summed E-state index contributed by atoms with van der Waals surface area (Å²) in [4.78, 5) is 23.0. The first kappa shape index (κ1) is 19.6. The van der Waals surface area contributed by atoms with Gasteiger partial charge in [-0.2, -0.15) is 0 Å². The van der Waals surface area contributed by atoms with E-state index < -0.39 is 5.97 Å². The molecule has 2 aromatic rings. The third-order valence-electron chi connectivity index (χ3n) is 4.10. The highest BCUT2D eigenvalue weighted by Gasteiger charge is 2.20. The fraction of sp³-hybridized carbons (Fsp3) is 0.474. The van der Waals surface area contributed by atoms with Crippen LogP contribution in [0.3, 0.4) is 0 Å². The van der Waals surface area contributed by atoms with Gasteiger partial charge in [-0.1, -0.05) is 44.5 Å². The summed E-state index contributed by atoms with van der Waals surface area (Å²) in [6, 6.07) is 8.07. The molecule has 0 fully saturated rings. The van der Waals surface area contributed by atoms with Gasteiger partial charge in [0, 0.05) is 13.0 Å². The second-order valence-electron chi connectivity index (χ2n) is 6.55. The summed E-state index contributed by atoms with van der Waals surface area (Å²) in [5.74, 6) is -0.794. The van der Waals surface area contributed by atoms with E-state index in [1.54, 1.807) is 4.68 Å². The maximum Gasteiger partial charge on any atom is 0.303 e. The van der Waals surface area contributed by atoms with E-state index in [2.05, 4.69) is 41.6 Å². The van der Waals surface area contributed by atoms with Gasteiger partial charge >= 0.3 is 5.97 Å². The molecule has 1 aromatic carbocycles. The second kappa shape index (κ2) is 9.12. The first-order chi connectivity index (χ1) is 12.4. The SMILES string of the molecule is CCCc1c(C(=O)NCCCC(=O)O)nnn1-c1cccc(C(C)C)c1. The Morgan fingerprint density at radius 1 is 1.31 bits per heavy atom. The third kappa shape index (κ3) is 4.91. The van der Waals surface area contributed by atoms with Gasteiger partial charge in [-0.15, -0.1) is 5.10 Å². The van der Waals surface area contributed by atoms with Gasteiger partial charge < -0.3 is 10.4 Å². The molecule has 0 radical (unpaired) electrons. The molecule has 0 saturated carbocycles. The number of hydrogen-bond acceptors (Lipinski definition) is 4. The minimum absolute atomic E-state index is 0.0246. The van der Waals surface area contributed by atoms with Crippen LogP contribution in [0.5, 0.6) is 0 Å². The van der Waals surface area contributed by atoms with Crippen molar-refractivity contribution in [1.82, 2.24) is 20.3 Å². The van der Waals surface area contributed by atoms with Crippen molar-refractivity contribution in [2.45, 2.75) is 52.4 Å². The van der Waals surface area contributed by atoms with Crippen molar-refractivity contribution in [2.75, 3.05) is 6.54 Å². The van der Waals surface area contributed by atoms with Crippen LogP contribution in [0.4, 0.5) is 0 Å². The topological polar surface area (TPSA) is 97.1 Å². The molecule has 2 N–H and O–H groups in total. The van der Waals surface area contributed by atoms with Gasteiger partial charge in [-0.05, 0) is 36.5 Å². The fourth-order valence-electron chi connectivity index (χ4n) is 2.69. The van der Waals surface area contributed by atoms with Crippen molar-refractivity contribution < 1.29 is 14.7 Å².